The van der Waals surface area contributed by atoms with Crippen LogP contribution in [0.1, 0.15) is 29.6 Å². The Morgan fingerprint density at radius 1 is 1.33 bits per heavy atom. The molecule has 0 saturated carbocycles. The fraction of sp³-hybridized carbons (Fsp3) is 0.529. The number of nitrogens with two attached hydrogens (primary N) is 1. The van der Waals surface area contributed by atoms with Gasteiger partial charge in [-0.05, 0) is 31.0 Å². The number of hydrogen-bond acceptors (Lipinski definition) is 5. The van der Waals surface area contributed by atoms with E-state index in [4.69, 9.17) is 10.5 Å². The predicted octanol–water partition coefficient (Wildman–Crippen LogP) is 0.703. The van der Waals surface area contributed by atoms with Gasteiger partial charge in [0.2, 0.25) is 11.8 Å². The fourth-order valence-corrected chi connectivity index (χ4v) is 3.20. The molecular formula is C17H24N4O3. The summed E-state index contributed by atoms with van der Waals surface area (Å²) in [5, 5.41) is 6.21. The van der Waals surface area contributed by atoms with Gasteiger partial charge in [-0.2, -0.15) is 0 Å². The molecule has 0 aliphatic carbocycles. The van der Waals surface area contributed by atoms with E-state index >= 15 is 0 Å². The molecule has 0 bridgehead atoms. The summed E-state index contributed by atoms with van der Waals surface area (Å²) in [7, 11) is 0. The Labute approximate surface area is 141 Å². The van der Waals surface area contributed by atoms with Crippen LogP contribution in [-0.2, 0) is 9.53 Å². The maximum atomic E-state index is 12.4. The van der Waals surface area contributed by atoms with Crippen molar-refractivity contribution in [2.75, 3.05) is 43.1 Å². The Hall–Kier alpha value is -2.12. The van der Waals surface area contributed by atoms with Gasteiger partial charge in [-0.1, -0.05) is 0 Å². The highest BCUT2D eigenvalue weighted by Crippen LogP contribution is 2.30. The molecule has 2 aliphatic heterocycles. The molecule has 2 saturated heterocycles. The molecule has 1 aromatic rings. The minimum absolute atomic E-state index is 0.0216. The predicted molar refractivity (Wildman–Crippen MR) is 92.3 cm³/mol. The van der Waals surface area contributed by atoms with E-state index in [9.17, 15) is 9.59 Å². The number of nitrogens with zero attached hydrogens (tertiary/aromatic N) is 1. The molecule has 24 heavy (non-hydrogen) atoms. The maximum absolute atomic E-state index is 12.4. The molecule has 2 amide bonds. The van der Waals surface area contributed by atoms with E-state index in [0.717, 1.165) is 38.2 Å². The van der Waals surface area contributed by atoms with Crippen molar-refractivity contribution in [3.63, 3.8) is 0 Å². The molecule has 0 aromatic heterocycles. The van der Waals surface area contributed by atoms with Crippen LogP contribution < -0.4 is 21.3 Å². The SMILES string of the molecule is NC(=O)c1ccc(N2CCCC2)c(NC(=O)CC2COCCN2)c1. The Morgan fingerprint density at radius 3 is 2.79 bits per heavy atom. The number of ether oxygens (including phenoxy) is 1. The van der Waals surface area contributed by atoms with Crippen molar-refractivity contribution in [3.05, 3.63) is 23.8 Å². The zero-order chi connectivity index (χ0) is 16.9. The molecule has 2 aliphatic rings. The van der Waals surface area contributed by atoms with Gasteiger partial charge in [0, 0.05) is 37.7 Å². The van der Waals surface area contributed by atoms with Crippen molar-refractivity contribution < 1.29 is 14.3 Å². The number of amides is 2. The number of nitrogens with one attached hydrogen (secondary N) is 2. The van der Waals surface area contributed by atoms with Crippen LogP contribution in [0.15, 0.2) is 18.2 Å². The van der Waals surface area contributed by atoms with Crippen LogP contribution in [0, 0.1) is 0 Å². The van der Waals surface area contributed by atoms with Crippen LogP contribution >= 0.6 is 0 Å². The Morgan fingerprint density at radius 2 is 2.12 bits per heavy atom. The number of benzene rings is 1. The first-order valence-electron chi connectivity index (χ1n) is 8.43. The lowest BCUT2D eigenvalue weighted by Crippen LogP contribution is -2.43. The van der Waals surface area contributed by atoms with Gasteiger partial charge >= 0.3 is 0 Å². The van der Waals surface area contributed by atoms with Gasteiger partial charge in [0.15, 0.2) is 0 Å². The summed E-state index contributed by atoms with van der Waals surface area (Å²) in [4.78, 5) is 26.1. The lowest BCUT2D eigenvalue weighted by atomic mass is 10.1. The third-order valence-corrected chi connectivity index (χ3v) is 4.43. The number of morpholine rings is 1. The summed E-state index contributed by atoms with van der Waals surface area (Å²) in [6.45, 7) is 3.88. The van der Waals surface area contributed by atoms with Gasteiger partial charge in [0.25, 0.3) is 0 Å². The van der Waals surface area contributed by atoms with Crippen molar-refractivity contribution >= 4 is 23.2 Å². The Bertz CT molecular complexity index is 608. The van der Waals surface area contributed by atoms with Gasteiger partial charge < -0.3 is 26.0 Å². The lowest BCUT2D eigenvalue weighted by Gasteiger charge is -2.25. The van der Waals surface area contributed by atoms with E-state index in [0.29, 0.717) is 30.9 Å². The van der Waals surface area contributed by atoms with E-state index in [1.165, 1.54) is 0 Å². The molecule has 1 unspecified atom stereocenters. The van der Waals surface area contributed by atoms with E-state index < -0.39 is 5.91 Å². The number of carbonyl (C=O) groups is 2. The van der Waals surface area contributed by atoms with Crippen molar-refractivity contribution in [1.29, 1.82) is 0 Å². The largest absolute Gasteiger partial charge is 0.378 e. The third kappa shape index (κ3) is 4.04. The molecule has 1 aromatic carbocycles. The van der Waals surface area contributed by atoms with E-state index in [1.54, 1.807) is 12.1 Å². The molecule has 7 nitrogen and oxygen atoms in total. The van der Waals surface area contributed by atoms with Gasteiger partial charge in [0.1, 0.15) is 0 Å². The summed E-state index contributed by atoms with van der Waals surface area (Å²) in [6, 6.07) is 5.26. The highest BCUT2D eigenvalue weighted by Gasteiger charge is 2.21. The molecule has 3 rings (SSSR count). The number of carbonyl (C=O) groups excluding carboxylic acids is 2. The van der Waals surface area contributed by atoms with Crippen LogP contribution in [0.25, 0.3) is 0 Å². The highest BCUT2D eigenvalue weighted by molar-refractivity contribution is 5.99. The monoisotopic (exact) mass is 332 g/mol. The maximum Gasteiger partial charge on any atom is 0.248 e. The summed E-state index contributed by atoms with van der Waals surface area (Å²) in [6.07, 6.45) is 2.60. The van der Waals surface area contributed by atoms with E-state index in [-0.39, 0.29) is 11.9 Å². The van der Waals surface area contributed by atoms with Gasteiger partial charge in [-0.3, -0.25) is 9.59 Å². The van der Waals surface area contributed by atoms with Crippen molar-refractivity contribution in [2.24, 2.45) is 5.73 Å². The van der Waals surface area contributed by atoms with E-state index in [1.807, 2.05) is 6.07 Å². The van der Waals surface area contributed by atoms with Gasteiger partial charge in [-0.15, -0.1) is 0 Å². The number of primary amides is 1. The van der Waals surface area contributed by atoms with Crippen LogP contribution in [0.3, 0.4) is 0 Å². The van der Waals surface area contributed by atoms with Crippen LogP contribution in [-0.4, -0.2) is 50.7 Å². The number of anilines is 2. The zero-order valence-corrected chi connectivity index (χ0v) is 13.7. The first-order chi connectivity index (χ1) is 11.6. The third-order valence-electron chi connectivity index (χ3n) is 4.43. The van der Waals surface area contributed by atoms with Gasteiger partial charge in [-0.25, -0.2) is 0 Å². The minimum atomic E-state index is -0.499. The smallest absolute Gasteiger partial charge is 0.248 e. The molecule has 2 heterocycles. The van der Waals surface area contributed by atoms with Crippen molar-refractivity contribution in [1.82, 2.24) is 5.32 Å². The average Bonchev–Trinajstić information content (AvgIpc) is 3.09. The van der Waals surface area contributed by atoms with Gasteiger partial charge in [0.05, 0.1) is 24.6 Å². The normalized spacial score (nSPS) is 20.8. The first kappa shape index (κ1) is 16.7. The quantitative estimate of drug-likeness (QED) is 0.738. The highest BCUT2D eigenvalue weighted by atomic mass is 16.5. The molecular weight excluding hydrogens is 308 g/mol. The molecule has 0 radical (unpaired) electrons. The first-order valence-corrected chi connectivity index (χ1v) is 8.43. The molecule has 130 valence electrons. The van der Waals surface area contributed by atoms with Crippen molar-refractivity contribution in [3.8, 4) is 0 Å². The Balaban J connectivity index is 1.74. The summed E-state index contributed by atoms with van der Waals surface area (Å²) in [5.41, 5.74) is 7.36. The second kappa shape index (κ2) is 7.63. The summed E-state index contributed by atoms with van der Waals surface area (Å²) < 4.78 is 5.38. The minimum Gasteiger partial charge on any atom is -0.378 e. The van der Waals surface area contributed by atoms with Crippen LogP contribution in [0.2, 0.25) is 0 Å². The average molecular weight is 332 g/mol. The lowest BCUT2D eigenvalue weighted by molar-refractivity contribution is -0.117. The summed E-state index contributed by atoms with van der Waals surface area (Å²) >= 11 is 0. The van der Waals surface area contributed by atoms with Crippen molar-refractivity contribution in [2.45, 2.75) is 25.3 Å². The molecule has 7 heteroatoms. The summed E-state index contributed by atoms with van der Waals surface area (Å²) in [5.74, 6) is -0.596. The zero-order valence-electron chi connectivity index (χ0n) is 13.7. The second-order valence-corrected chi connectivity index (χ2v) is 6.27. The second-order valence-electron chi connectivity index (χ2n) is 6.27. The molecule has 1 atom stereocenters. The molecule has 0 spiro atoms. The standard InChI is InChI=1S/C17H24N4O3/c18-17(23)12-3-4-15(21-6-1-2-7-21)14(9-12)20-16(22)10-13-11-24-8-5-19-13/h3-4,9,13,19H,1-2,5-8,10-11H2,(H2,18,23)(H,20,22). The number of hydrogen-bond donors (Lipinski definition) is 3. The number of rotatable bonds is 5. The Kier molecular flexibility index (Phi) is 5.32. The molecule has 4 N–H and O–H groups in total. The fourth-order valence-electron chi connectivity index (χ4n) is 3.20. The van der Waals surface area contributed by atoms with E-state index in [2.05, 4.69) is 15.5 Å². The van der Waals surface area contributed by atoms with Crippen LogP contribution in [0.4, 0.5) is 11.4 Å². The topological polar surface area (TPSA) is 96.7 Å². The van der Waals surface area contributed by atoms with Crippen LogP contribution in [0.5, 0.6) is 0 Å². The molecule has 2 fully saturated rings.